The molecule has 4 rings (SSSR count). The van der Waals surface area contributed by atoms with Crippen LogP contribution in [0.5, 0.6) is 0 Å². The highest BCUT2D eigenvalue weighted by molar-refractivity contribution is 5.89. The second-order valence-electron chi connectivity index (χ2n) is 15.2. The lowest BCUT2D eigenvalue weighted by molar-refractivity contribution is -0.139. The first-order valence-corrected chi connectivity index (χ1v) is 18.6. The molecule has 0 aliphatic carbocycles. The molecule has 1 aliphatic heterocycles. The zero-order valence-corrected chi connectivity index (χ0v) is 31.6. The molecule has 3 aromatic rings. The Morgan fingerprint density at radius 3 is 1.83 bits per heavy atom. The number of aliphatic hydroxyl groups is 1. The molecular formula is C42H56N4O7. The monoisotopic (exact) mass is 728 g/mol. The van der Waals surface area contributed by atoms with Crippen molar-refractivity contribution in [1.82, 2.24) is 20.9 Å². The van der Waals surface area contributed by atoms with Gasteiger partial charge in [0.2, 0.25) is 11.8 Å². The van der Waals surface area contributed by atoms with Gasteiger partial charge in [-0.25, -0.2) is 9.59 Å². The van der Waals surface area contributed by atoms with Gasteiger partial charge in [-0.05, 0) is 75.5 Å². The fraction of sp³-hybridized carbons (Fsp3) is 0.476. The van der Waals surface area contributed by atoms with Crippen molar-refractivity contribution in [2.75, 3.05) is 13.1 Å². The van der Waals surface area contributed by atoms with Gasteiger partial charge in [-0.1, -0.05) is 105 Å². The van der Waals surface area contributed by atoms with E-state index in [2.05, 4.69) is 16.0 Å². The molecule has 1 fully saturated rings. The van der Waals surface area contributed by atoms with Crippen molar-refractivity contribution >= 4 is 24.0 Å². The van der Waals surface area contributed by atoms with Gasteiger partial charge in [0.05, 0.1) is 12.1 Å². The smallest absolute Gasteiger partial charge is 0.407 e. The molecule has 1 aliphatic rings. The van der Waals surface area contributed by atoms with Crippen LogP contribution in [0.4, 0.5) is 9.59 Å². The Kier molecular flexibility index (Phi) is 15.3. The van der Waals surface area contributed by atoms with E-state index in [9.17, 15) is 24.3 Å². The highest BCUT2D eigenvalue weighted by atomic mass is 16.6. The van der Waals surface area contributed by atoms with Crippen molar-refractivity contribution in [2.24, 2.45) is 11.8 Å². The van der Waals surface area contributed by atoms with Crippen LogP contribution in [0.3, 0.4) is 0 Å². The minimum atomic E-state index is -1.11. The number of alkyl carbamates (subject to hydrolysis) is 2. The highest BCUT2D eigenvalue weighted by Gasteiger charge is 2.35. The second-order valence-corrected chi connectivity index (χ2v) is 15.2. The van der Waals surface area contributed by atoms with Crippen molar-refractivity contribution in [1.29, 1.82) is 0 Å². The van der Waals surface area contributed by atoms with Crippen molar-refractivity contribution in [2.45, 2.75) is 103 Å². The summed E-state index contributed by atoms with van der Waals surface area (Å²) in [6.45, 7) is 10.1. The normalized spacial score (nSPS) is 15.8. The summed E-state index contributed by atoms with van der Waals surface area (Å²) in [5, 5.41) is 20.5. The number of carbonyl (C=O) groups is 4. The van der Waals surface area contributed by atoms with Crippen LogP contribution in [-0.2, 0) is 38.5 Å². The summed E-state index contributed by atoms with van der Waals surface area (Å²) < 4.78 is 10.9. The molecule has 0 saturated carbocycles. The lowest BCUT2D eigenvalue weighted by Crippen LogP contribution is -2.56. The minimum absolute atomic E-state index is 0.0322. The van der Waals surface area contributed by atoms with Crippen LogP contribution < -0.4 is 16.0 Å². The molecular weight excluding hydrogens is 672 g/mol. The summed E-state index contributed by atoms with van der Waals surface area (Å²) >= 11 is 0. The van der Waals surface area contributed by atoms with Crippen molar-refractivity contribution in [3.05, 3.63) is 108 Å². The summed E-state index contributed by atoms with van der Waals surface area (Å²) in [7, 11) is 0. The molecule has 4 N–H and O–H groups in total. The third-order valence-electron chi connectivity index (χ3n) is 9.26. The maximum atomic E-state index is 14.1. The van der Waals surface area contributed by atoms with E-state index in [0.717, 1.165) is 16.7 Å². The molecule has 1 heterocycles. The Morgan fingerprint density at radius 1 is 0.774 bits per heavy atom. The van der Waals surface area contributed by atoms with Crippen LogP contribution in [0.1, 0.15) is 70.6 Å². The summed E-state index contributed by atoms with van der Waals surface area (Å²) in [5.41, 5.74) is 1.98. The van der Waals surface area contributed by atoms with Gasteiger partial charge in [0, 0.05) is 25.0 Å². The van der Waals surface area contributed by atoms with Crippen molar-refractivity contribution in [3.63, 3.8) is 0 Å². The maximum absolute atomic E-state index is 14.1. The number of ether oxygens (including phenoxy) is 2. The molecule has 286 valence electrons. The predicted octanol–water partition coefficient (Wildman–Crippen LogP) is 5.79. The number of likely N-dealkylation sites (tertiary alicyclic amines) is 1. The maximum Gasteiger partial charge on any atom is 0.407 e. The minimum Gasteiger partial charge on any atom is -0.445 e. The van der Waals surface area contributed by atoms with Crippen LogP contribution in [0.15, 0.2) is 91.0 Å². The number of piperidine rings is 1. The van der Waals surface area contributed by atoms with Crippen LogP contribution in [0.25, 0.3) is 0 Å². The largest absolute Gasteiger partial charge is 0.445 e. The van der Waals surface area contributed by atoms with Crippen LogP contribution in [0.2, 0.25) is 0 Å². The lowest BCUT2D eigenvalue weighted by Gasteiger charge is -2.36. The van der Waals surface area contributed by atoms with Gasteiger partial charge >= 0.3 is 12.2 Å². The standard InChI is InChI=1S/C42H56N4O7/c1-29(2)37(39(49)46-23-21-34(22-24-46)43-40(50)52-28-32-19-13-8-14-20-32)45-38(48)33(25-30-15-9-6-10-16-30)27-36(47)35(26-31-17-11-7-12-18-31)44-41(51)53-42(3,4)5/h6-20,29,33-37,47H,21-28H2,1-5H3,(H,43,50)(H,44,51)(H,45,48)/t33?,35?,36?,37-/m0/s1. The Labute approximate surface area is 313 Å². The summed E-state index contributed by atoms with van der Waals surface area (Å²) in [5.74, 6) is -1.46. The van der Waals surface area contributed by atoms with Gasteiger partial charge < -0.3 is 35.4 Å². The van der Waals surface area contributed by atoms with Crippen molar-refractivity contribution < 1.29 is 33.8 Å². The van der Waals surface area contributed by atoms with Crippen LogP contribution in [-0.4, -0.2) is 76.9 Å². The average molecular weight is 729 g/mol. The molecule has 11 nitrogen and oxygen atoms in total. The third kappa shape index (κ3) is 13.9. The number of nitrogens with one attached hydrogen (secondary N) is 3. The number of aliphatic hydroxyl groups excluding tert-OH is 1. The van der Waals surface area contributed by atoms with Gasteiger partial charge in [-0.15, -0.1) is 0 Å². The molecule has 11 heteroatoms. The van der Waals surface area contributed by atoms with E-state index >= 15 is 0 Å². The molecule has 0 bridgehead atoms. The fourth-order valence-corrected chi connectivity index (χ4v) is 6.40. The Balaban J connectivity index is 1.41. The lowest BCUT2D eigenvalue weighted by atomic mass is 9.88. The predicted molar refractivity (Wildman–Crippen MR) is 204 cm³/mol. The van der Waals surface area contributed by atoms with Crippen LogP contribution in [0, 0.1) is 11.8 Å². The fourth-order valence-electron chi connectivity index (χ4n) is 6.40. The number of carbonyl (C=O) groups excluding carboxylic acids is 4. The number of rotatable bonds is 15. The van der Waals surface area contributed by atoms with Crippen molar-refractivity contribution in [3.8, 4) is 0 Å². The molecule has 0 radical (unpaired) electrons. The van der Waals surface area contributed by atoms with E-state index < -0.39 is 41.9 Å². The quantitative estimate of drug-likeness (QED) is 0.155. The average Bonchev–Trinajstić information content (AvgIpc) is 3.12. The van der Waals surface area contributed by atoms with E-state index in [4.69, 9.17) is 9.47 Å². The third-order valence-corrected chi connectivity index (χ3v) is 9.26. The number of benzene rings is 3. The SMILES string of the molecule is CC(C)[C@H](NC(=O)C(Cc1ccccc1)CC(O)C(Cc1ccccc1)NC(=O)OC(C)(C)C)C(=O)N1CCC(NC(=O)OCc2ccccc2)CC1. The molecule has 1 saturated heterocycles. The molecule has 3 aromatic carbocycles. The van der Waals surface area contributed by atoms with E-state index in [-0.39, 0.29) is 36.8 Å². The summed E-state index contributed by atoms with van der Waals surface area (Å²) in [6.07, 6.45) is -0.470. The van der Waals surface area contributed by atoms with Gasteiger partial charge in [0.15, 0.2) is 0 Å². The zero-order valence-electron chi connectivity index (χ0n) is 31.6. The first kappa shape index (κ1) is 40.9. The summed E-state index contributed by atoms with van der Waals surface area (Å²) in [4.78, 5) is 55.1. The topological polar surface area (TPSA) is 146 Å². The van der Waals surface area contributed by atoms with E-state index in [0.29, 0.717) is 38.8 Å². The first-order chi connectivity index (χ1) is 25.3. The second kappa shape index (κ2) is 19.8. The first-order valence-electron chi connectivity index (χ1n) is 18.6. The van der Waals surface area contributed by atoms with E-state index in [1.807, 2.05) is 105 Å². The Bertz CT molecular complexity index is 1590. The van der Waals surface area contributed by atoms with Gasteiger partial charge in [0.1, 0.15) is 18.2 Å². The number of hydrogen-bond acceptors (Lipinski definition) is 7. The number of nitrogens with zero attached hydrogens (tertiary/aromatic N) is 1. The highest BCUT2D eigenvalue weighted by Crippen LogP contribution is 2.21. The number of hydrogen-bond donors (Lipinski definition) is 4. The van der Waals surface area contributed by atoms with Gasteiger partial charge in [-0.2, -0.15) is 0 Å². The summed E-state index contributed by atoms with van der Waals surface area (Å²) in [6, 6.07) is 26.8. The number of amides is 4. The molecule has 0 spiro atoms. The zero-order chi connectivity index (χ0) is 38.4. The Hall–Kier alpha value is -4.90. The molecule has 53 heavy (non-hydrogen) atoms. The van der Waals surface area contributed by atoms with E-state index in [1.54, 1.807) is 25.7 Å². The molecule has 0 aromatic heterocycles. The Morgan fingerprint density at radius 2 is 1.30 bits per heavy atom. The van der Waals surface area contributed by atoms with Crippen LogP contribution >= 0.6 is 0 Å². The molecule has 4 atom stereocenters. The molecule has 4 amide bonds. The van der Waals surface area contributed by atoms with E-state index in [1.165, 1.54) is 0 Å². The van der Waals surface area contributed by atoms with Gasteiger partial charge in [-0.3, -0.25) is 9.59 Å². The van der Waals surface area contributed by atoms with Gasteiger partial charge in [0.25, 0.3) is 0 Å². The molecule has 3 unspecified atom stereocenters.